The van der Waals surface area contributed by atoms with Gasteiger partial charge in [-0.25, -0.2) is 4.79 Å². The summed E-state index contributed by atoms with van der Waals surface area (Å²) in [4.78, 5) is 25.1. The molecule has 0 bridgehead atoms. The maximum Gasteiger partial charge on any atom is 0.498 e. The Balaban J connectivity index is 3.11. The average Bonchev–Trinajstić information content (AvgIpc) is 2.78. The van der Waals surface area contributed by atoms with Crippen LogP contribution in [0.4, 0.5) is 0 Å². The number of ether oxygens (including phenoxy) is 2. The zero-order valence-electron chi connectivity index (χ0n) is 19.5. The predicted molar refractivity (Wildman–Crippen MR) is 113 cm³/mol. The van der Waals surface area contributed by atoms with Gasteiger partial charge < -0.3 is 24.1 Å². The second-order valence-corrected chi connectivity index (χ2v) is 9.05. The molecule has 0 aromatic rings. The van der Waals surface area contributed by atoms with Gasteiger partial charge in [0.15, 0.2) is 0 Å². The molecule has 0 aliphatic carbocycles. The van der Waals surface area contributed by atoms with Crippen LogP contribution in [-0.4, -0.2) is 48.9 Å². The number of carbonyl (C=O) groups excluding carboxylic acids is 2. The first kappa shape index (κ1) is 25.2. The monoisotopic (exact) mass is 409 g/mol. The van der Waals surface area contributed by atoms with Gasteiger partial charge in [0, 0.05) is 11.5 Å². The van der Waals surface area contributed by atoms with Crippen molar-refractivity contribution in [3.05, 3.63) is 23.4 Å². The molecule has 1 aliphatic heterocycles. The molecule has 0 saturated carbocycles. The molecule has 0 spiro atoms. The molecule has 0 aromatic carbocycles. The van der Waals surface area contributed by atoms with Gasteiger partial charge in [-0.2, -0.15) is 0 Å². The van der Waals surface area contributed by atoms with Crippen molar-refractivity contribution >= 4 is 19.0 Å². The van der Waals surface area contributed by atoms with Gasteiger partial charge in [0.05, 0.1) is 18.3 Å². The number of hydrogen-bond donors (Lipinski definition) is 1. The fraction of sp³-hybridized carbons (Fsp3) is 0.714. The Morgan fingerprint density at radius 1 is 1.14 bits per heavy atom. The van der Waals surface area contributed by atoms with Crippen LogP contribution in [0.25, 0.3) is 0 Å². The highest BCUT2D eigenvalue weighted by atomic mass is 16.7. The van der Waals surface area contributed by atoms with Gasteiger partial charge in [0.1, 0.15) is 17.4 Å². The van der Waals surface area contributed by atoms with E-state index < -0.39 is 41.8 Å². The van der Waals surface area contributed by atoms with E-state index in [2.05, 4.69) is 5.32 Å². The molecule has 1 fully saturated rings. The van der Waals surface area contributed by atoms with Crippen molar-refractivity contribution in [1.82, 2.24) is 5.32 Å². The Kier molecular flexibility index (Phi) is 8.13. The third kappa shape index (κ3) is 6.61. The summed E-state index contributed by atoms with van der Waals surface area (Å²) in [6.45, 7) is 16.7. The molecule has 164 valence electrons. The molecule has 0 aromatic heterocycles. The van der Waals surface area contributed by atoms with Gasteiger partial charge in [-0.15, -0.1) is 0 Å². The Labute approximate surface area is 175 Å². The van der Waals surface area contributed by atoms with Gasteiger partial charge in [-0.05, 0) is 67.9 Å². The SMILES string of the molecule is C/C=C(OC)\C(=C/C(=O)NC(CC)C(=O)OC(C)(C)C)B1OC(C)(C)C(C)(C)O1. The predicted octanol–water partition coefficient (Wildman–Crippen LogP) is 3.33. The van der Waals surface area contributed by atoms with E-state index in [1.54, 1.807) is 40.7 Å². The van der Waals surface area contributed by atoms with E-state index in [1.807, 2.05) is 27.7 Å². The van der Waals surface area contributed by atoms with Crippen LogP contribution in [0.1, 0.15) is 68.7 Å². The first-order chi connectivity index (χ1) is 13.2. The molecule has 7 nitrogen and oxygen atoms in total. The summed E-state index contributed by atoms with van der Waals surface area (Å²) in [5.41, 5.74) is -1.32. The summed E-state index contributed by atoms with van der Waals surface area (Å²) in [5.74, 6) is -0.468. The topological polar surface area (TPSA) is 83.1 Å². The lowest BCUT2D eigenvalue weighted by atomic mass is 9.76. The van der Waals surface area contributed by atoms with Crippen molar-refractivity contribution in [3.8, 4) is 0 Å². The molecule has 1 rings (SSSR count). The molecule has 29 heavy (non-hydrogen) atoms. The second-order valence-electron chi connectivity index (χ2n) is 9.05. The first-order valence-electron chi connectivity index (χ1n) is 9.98. The van der Waals surface area contributed by atoms with Crippen LogP contribution >= 0.6 is 0 Å². The molecule has 1 amide bonds. The van der Waals surface area contributed by atoms with Crippen molar-refractivity contribution in [2.75, 3.05) is 7.11 Å². The number of methoxy groups -OCH3 is 1. The van der Waals surface area contributed by atoms with Crippen molar-refractivity contribution < 1.29 is 28.4 Å². The summed E-state index contributed by atoms with van der Waals surface area (Å²) in [6.07, 6.45) is 3.49. The van der Waals surface area contributed by atoms with Gasteiger partial charge in [0.2, 0.25) is 5.91 Å². The molecule has 1 N–H and O–H groups in total. The van der Waals surface area contributed by atoms with Crippen LogP contribution in [0.15, 0.2) is 23.4 Å². The Morgan fingerprint density at radius 3 is 2.03 bits per heavy atom. The highest BCUT2D eigenvalue weighted by molar-refractivity contribution is 6.56. The first-order valence-corrected chi connectivity index (χ1v) is 9.98. The van der Waals surface area contributed by atoms with E-state index in [-0.39, 0.29) is 0 Å². The third-order valence-electron chi connectivity index (χ3n) is 4.98. The zero-order chi connectivity index (χ0) is 22.6. The van der Waals surface area contributed by atoms with Crippen molar-refractivity contribution in [1.29, 1.82) is 0 Å². The highest BCUT2D eigenvalue weighted by Crippen LogP contribution is 2.39. The Morgan fingerprint density at radius 2 is 1.66 bits per heavy atom. The number of hydrogen-bond acceptors (Lipinski definition) is 6. The van der Waals surface area contributed by atoms with Crippen LogP contribution in [-0.2, 0) is 28.4 Å². The van der Waals surface area contributed by atoms with Gasteiger partial charge >= 0.3 is 13.1 Å². The van der Waals surface area contributed by atoms with Crippen LogP contribution in [0.5, 0.6) is 0 Å². The average molecular weight is 409 g/mol. The standard InChI is InChI=1S/C21H36BNO6/c1-11-15(18(25)27-19(3,4)5)23-17(24)13-14(16(12-2)26-10)22-28-20(6,7)21(8,9)29-22/h12-13,15H,11H2,1-10H3,(H,23,24)/b14-13+,16-12+. The molecule has 1 unspecified atom stereocenters. The fourth-order valence-electron chi connectivity index (χ4n) is 2.68. The summed E-state index contributed by atoms with van der Waals surface area (Å²) in [5, 5.41) is 2.70. The quantitative estimate of drug-likeness (QED) is 0.228. The molecule has 8 heteroatoms. The van der Waals surface area contributed by atoms with E-state index in [0.29, 0.717) is 17.7 Å². The van der Waals surface area contributed by atoms with Crippen LogP contribution in [0.2, 0.25) is 0 Å². The van der Waals surface area contributed by atoms with Gasteiger partial charge in [0.25, 0.3) is 0 Å². The molecule has 1 aliphatic rings. The third-order valence-corrected chi connectivity index (χ3v) is 4.98. The minimum atomic E-state index is -0.779. The van der Waals surface area contributed by atoms with E-state index in [4.69, 9.17) is 18.8 Å². The van der Waals surface area contributed by atoms with Crippen LogP contribution in [0, 0.1) is 0 Å². The lowest BCUT2D eigenvalue weighted by Gasteiger charge is -2.32. The number of rotatable bonds is 7. The van der Waals surface area contributed by atoms with Gasteiger partial charge in [-0.3, -0.25) is 4.79 Å². The summed E-state index contributed by atoms with van der Waals surface area (Å²) in [6, 6.07) is -0.755. The van der Waals surface area contributed by atoms with Gasteiger partial charge in [-0.1, -0.05) is 6.92 Å². The highest BCUT2D eigenvalue weighted by Gasteiger charge is 2.53. The smallest absolute Gasteiger partial charge is 0.497 e. The number of amides is 1. The Hall–Kier alpha value is -1.80. The number of esters is 1. The van der Waals surface area contributed by atoms with E-state index >= 15 is 0 Å². The minimum absolute atomic E-state index is 0.404. The summed E-state index contributed by atoms with van der Waals surface area (Å²) in [7, 11) is 0.737. The second kappa shape index (κ2) is 9.35. The lowest BCUT2D eigenvalue weighted by molar-refractivity contribution is -0.158. The van der Waals surface area contributed by atoms with E-state index in [0.717, 1.165) is 0 Å². The number of carbonyl (C=O) groups is 2. The summed E-state index contributed by atoms with van der Waals surface area (Å²) < 4.78 is 22.9. The van der Waals surface area contributed by atoms with Crippen molar-refractivity contribution in [2.45, 2.75) is 91.6 Å². The molecule has 0 radical (unpaired) electrons. The minimum Gasteiger partial charge on any atom is -0.497 e. The largest absolute Gasteiger partial charge is 0.498 e. The number of nitrogens with one attached hydrogen (secondary N) is 1. The van der Waals surface area contributed by atoms with Crippen LogP contribution in [0.3, 0.4) is 0 Å². The lowest BCUT2D eigenvalue weighted by Crippen LogP contribution is -2.43. The molecule has 1 atom stereocenters. The van der Waals surface area contributed by atoms with Crippen molar-refractivity contribution in [3.63, 3.8) is 0 Å². The molecular formula is C21H36BNO6. The maximum atomic E-state index is 12.7. The van der Waals surface area contributed by atoms with E-state index in [1.165, 1.54) is 13.2 Å². The van der Waals surface area contributed by atoms with Crippen LogP contribution < -0.4 is 5.32 Å². The fourth-order valence-corrected chi connectivity index (χ4v) is 2.68. The normalized spacial score (nSPS) is 20.3. The molecule has 1 heterocycles. The number of allylic oxidation sites excluding steroid dienone is 2. The maximum absolute atomic E-state index is 12.7. The zero-order valence-corrected chi connectivity index (χ0v) is 19.5. The van der Waals surface area contributed by atoms with E-state index in [9.17, 15) is 9.59 Å². The summed E-state index contributed by atoms with van der Waals surface area (Å²) >= 11 is 0. The van der Waals surface area contributed by atoms with Crippen molar-refractivity contribution in [2.24, 2.45) is 0 Å². The molecule has 1 saturated heterocycles. The Bertz CT molecular complexity index is 659. The molecular weight excluding hydrogens is 373 g/mol.